The fourth-order valence-corrected chi connectivity index (χ4v) is 2.35. The zero-order valence-corrected chi connectivity index (χ0v) is 11.6. The highest BCUT2D eigenvalue weighted by atomic mass is 35.5. The van der Waals surface area contributed by atoms with E-state index in [1.165, 1.54) is 0 Å². The van der Waals surface area contributed by atoms with Crippen molar-refractivity contribution in [2.75, 3.05) is 13.7 Å². The Labute approximate surface area is 108 Å². The van der Waals surface area contributed by atoms with Gasteiger partial charge in [-0.25, -0.2) is 0 Å². The second-order valence-corrected chi connectivity index (χ2v) is 4.60. The number of hydrogen-bond acceptors (Lipinski definition) is 3. The smallest absolute Gasteiger partial charge is 0.0834 e. The maximum Gasteiger partial charge on any atom is 0.0834 e. The molecular weight excluding hydrogens is 238 g/mol. The molecule has 0 saturated carbocycles. The summed E-state index contributed by atoms with van der Waals surface area (Å²) in [5, 5.41) is 4.90. The topological polar surface area (TPSA) is 53.1 Å². The monoisotopic (exact) mass is 259 g/mol. The van der Waals surface area contributed by atoms with Gasteiger partial charge in [0.2, 0.25) is 0 Å². The first kappa shape index (κ1) is 14.5. The molecule has 1 unspecified atom stereocenters. The number of hydrogen-bond donors (Lipinski definition) is 1. The molecule has 1 aromatic rings. The molecule has 1 atom stereocenters. The highest BCUT2D eigenvalue weighted by molar-refractivity contribution is 6.31. The van der Waals surface area contributed by atoms with Crippen LogP contribution in [-0.2, 0) is 11.3 Å². The van der Waals surface area contributed by atoms with Crippen LogP contribution in [0.25, 0.3) is 0 Å². The van der Waals surface area contributed by atoms with E-state index in [9.17, 15) is 0 Å². The minimum Gasteiger partial charge on any atom is -0.383 e. The SMILES string of the molecule is CCC(CC)C(N)c1c(Cl)cnn1CCOC. The largest absolute Gasteiger partial charge is 0.383 e. The Hall–Kier alpha value is -0.580. The molecule has 0 amide bonds. The van der Waals surface area contributed by atoms with Crippen molar-refractivity contribution in [2.24, 2.45) is 11.7 Å². The van der Waals surface area contributed by atoms with Crippen molar-refractivity contribution in [3.63, 3.8) is 0 Å². The molecule has 0 radical (unpaired) electrons. The van der Waals surface area contributed by atoms with Crippen molar-refractivity contribution in [2.45, 2.75) is 39.3 Å². The minimum absolute atomic E-state index is 0.0585. The first-order valence-corrected chi connectivity index (χ1v) is 6.49. The van der Waals surface area contributed by atoms with E-state index in [0.717, 1.165) is 18.5 Å². The molecule has 1 aromatic heterocycles. The fourth-order valence-electron chi connectivity index (χ4n) is 2.08. The number of methoxy groups -OCH3 is 1. The third-order valence-corrected chi connectivity index (χ3v) is 3.50. The molecule has 0 aliphatic rings. The van der Waals surface area contributed by atoms with Crippen molar-refractivity contribution < 1.29 is 4.74 Å². The van der Waals surface area contributed by atoms with E-state index >= 15 is 0 Å². The predicted octanol–water partition coefficient (Wildman–Crippen LogP) is 2.62. The van der Waals surface area contributed by atoms with E-state index < -0.39 is 0 Å². The van der Waals surface area contributed by atoms with Crippen LogP contribution in [0.5, 0.6) is 0 Å². The number of nitrogens with zero attached hydrogens (tertiary/aromatic N) is 2. The van der Waals surface area contributed by atoms with Crippen molar-refractivity contribution in [1.29, 1.82) is 0 Å². The van der Waals surface area contributed by atoms with Gasteiger partial charge in [0, 0.05) is 7.11 Å². The van der Waals surface area contributed by atoms with Crippen molar-refractivity contribution in [1.82, 2.24) is 9.78 Å². The van der Waals surface area contributed by atoms with Crippen LogP contribution < -0.4 is 5.73 Å². The Morgan fingerprint density at radius 2 is 2.12 bits per heavy atom. The lowest BCUT2D eigenvalue weighted by atomic mass is 9.92. The Morgan fingerprint density at radius 1 is 1.47 bits per heavy atom. The van der Waals surface area contributed by atoms with Gasteiger partial charge < -0.3 is 10.5 Å². The normalized spacial score (nSPS) is 13.3. The first-order chi connectivity index (χ1) is 8.15. The summed E-state index contributed by atoms with van der Waals surface area (Å²) >= 11 is 6.17. The van der Waals surface area contributed by atoms with E-state index in [0.29, 0.717) is 24.1 Å². The quantitative estimate of drug-likeness (QED) is 0.819. The summed E-state index contributed by atoms with van der Waals surface area (Å²) in [5.74, 6) is 0.436. The van der Waals surface area contributed by atoms with Gasteiger partial charge in [-0.3, -0.25) is 4.68 Å². The van der Waals surface area contributed by atoms with E-state index in [1.807, 2.05) is 4.68 Å². The molecule has 0 saturated heterocycles. The molecule has 0 bridgehead atoms. The third-order valence-electron chi connectivity index (χ3n) is 3.21. The Kier molecular flexibility index (Phi) is 5.95. The van der Waals surface area contributed by atoms with Crippen LogP contribution in [0, 0.1) is 5.92 Å². The summed E-state index contributed by atoms with van der Waals surface area (Å²) < 4.78 is 6.91. The maximum absolute atomic E-state index is 6.29. The zero-order chi connectivity index (χ0) is 12.8. The molecule has 0 fully saturated rings. The number of nitrogens with two attached hydrogens (primary N) is 1. The molecule has 2 N–H and O–H groups in total. The second kappa shape index (κ2) is 6.99. The highest BCUT2D eigenvalue weighted by Gasteiger charge is 2.22. The fraction of sp³-hybridized carbons (Fsp3) is 0.750. The summed E-state index contributed by atoms with van der Waals surface area (Å²) in [6, 6.07) is -0.0585. The molecule has 5 heteroatoms. The van der Waals surface area contributed by atoms with Crippen molar-refractivity contribution in [3.05, 3.63) is 16.9 Å². The van der Waals surface area contributed by atoms with Crippen LogP contribution >= 0.6 is 11.6 Å². The average Bonchev–Trinajstić information content (AvgIpc) is 2.69. The second-order valence-electron chi connectivity index (χ2n) is 4.20. The highest BCUT2D eigenvalue weighted by Crippen LogP contribution is 2.29. The van der Waals surface area contributed by atoms with Gasteiger partial charge in [-0.2, -0.15) is 5.10 Å². The van der Waals surface area contributed by atoms with Gasteiger partial charge in [-0.1, -0.05) is 38.3 Å². The standard InChI is InChI=1S/C12H22ClN3O/c1-4-9(5-2)11(14)12-10(13)8-15-16(12)6-7-17-3/h8-9,11H,4-7,14H2,1-3H3. The average molecular weight is 260 g/mol. The number of aromatic nitrogens is 2. The van der Waals surface area contributed by atoms with E-state index in [4.69, 9.17) is 22.1 Å². The summed E-state index contributed by atoms with van der Waals surface area (Å²) in [6.07, 6.45) is 3.75. The molecule has 0 aliphatic carbocycles. The molecule has 1 heterocycles. The van der Waals surface area contributed by atoms with Crippen LogP contribution in [0.3, 0.4) is 0 Å². The van der Waals surface area contributed by atoms with Crippen LogP contribution in [-0.4, -0.2) is 23.5 Å². The Morgan fingerprint density at radius 3 is 2.65 bits per heavy atom. The van der Waals surface area contributed by atoms with Crippen LogP contribution in [0.4, 0.5) is 0 Å². The lowest BCUT2D eigenvalue weighted by molar-refractivity contribution is 0.181. The van der Waals surface area contributed by atoms with E-state index in [2.05, 4.69) is 18.9 Å². The molecule has 4 nitrogen and oxygen atoms in total. The van der Waals surface area contributed by atoms with E-state index in [1.54, 1.807) is 13.3 Å². The summed E-state index contributed by atoms with van der Waals surface area (Å²) in [5.41, 5.74) is 7.22. The molecule has 0 aliphatic heterocycles. The van der Waals surface area contributed by atoms with Gasteiger partial charge in [0.15, 0.2) is 0 Å². The summed E-state index contributed by atoms with van der Waals surface area (Å²) in [7, 11) is 1.67. The maximum atomic E-state index is 6.29. The van der Waals surface area contributed by atoms with Crippen molar-refractivity contribution >= 4 is 11.6 Å². The van der Waals surface area contributed by atoms with Crippen molar-refractivity contribution in [3.8, 4) is 0 Å². The lowest BCUT2D eigenvalue weighted by Gasteiger charge is -2.22. The Balaban J connectivity index is 2.90. The van der Waals surface area contributed by atoms with Gasteiger partial charge >= 0.3 is 0 Å². The molecular formula is C12H22ClN3O. The van der Waals surface area contributed by atoms with Gasteiger partial charge in [0.05, 0.1) is 36.1 Å². The molecule has 0 aromatic carbocycles. The molecule has 98 valence electrons. The zero-order valence-electron chi connectivity index (χ0n) is 10.8. The number of halogens is 1. The first-order valence-electron chi connectivity index (χ1n) is 6.11. The van der Waals surface area contributed by atoms with Crippen LogP contribution in [0.2, 0.25) is 5.02 Å². The number of ether oxygens (including phenoxy) is 1. The minimum atomic E-state index is -0.0585. The van der Waals surface area contributed by atoms with Gasteiger partial charge in [0.25, 0.3) is 0 Å². The van der Waals surface area contributed by atoms with E-state index in [-0.39, 0.29) is 6.04 Å². The summed E-state index contributed by atoms with van der Waals surface area (Å²) in [6.45, 7) is 5.60. The van der Waals surface area contributed by atoms with Gasteiger partial charge in [-0.15, -0.1) is 0 Å². The Bertz CT molecular complexity index is 336. The summed E-state index contributed by atoms with van der Waals surface area (Å²) in [4.78, 5) is 0. The van der Waals surface area contributed by atoms with Gasteiger partial charge in [-0.05, 0) is 5.92 Å². The predicted molar refractivity (Wildman–Crippen MR) is 70.1 cm³/mol. The van der Waals surface area contributed by atoms with Crippen LogP contribution in [0.1, 0.15) is 38.4 Å². The third kappa shape index (κ3) is 3.44. The molecule has 0 spiro atoms. The van der Waals surface area contributed by atoms with Gasteiger partial charge in [0.1, 0.15) is 0 Å². The molecule has 1 rings (SSSR count). The lowest BCUT2D eigenvalue weighted by Crippen LogP contribution is -2.25. The molecule has 17 heavy (non-hydrogen) atoms. The van der Waals surface area contributed by atoms with Crippen LogP contribution in [0.15, 0.2) is 6.20 Å². The number of rotatable bonds is 7.